The van der Waals surface area contributed by atoms with Gasteiger partial charge in [0.15, 0.2) is 0 Å². The van der Waals surface area contributed by atoms with Crippen LogP contribution in [0.2, 0.25) is 5.02 Å². The number of nitrogens with one attached hydrogen (secondary N) is 1. The lowest BCUT2D eigenvalue weighted by atomic mass is 9.96. The summed E-state index contributed by atoms with van der Waals surface area (Å²) in [7, 11) is 0. The number of H-pyrrole nitrogens is 1. The molecule has 0 spiro atoms. The summed E-state index contributed by atoms with van der Waals surface area (Å²) in [5.41, 5.74) is 3.79. The lowest BCUT2D eigenvalue weighted by Gasteiger charge is -2.26. The number of rotatable bonds is 4. The average molecular weight is 370 g/mol. The molecule has 0 bridgehead atoms. The van der Waals surface area contributed by atoms with E-state index in [2.05, 4.69) is 10.2 Å². The van der Waals surface area contributed by atoms with Crippen LogP contribution in [0.1, 0.15) is 41.0 Å². The second kappa shape index (κ2) is 6.57. The van der Waals surface area contributed by atoms with Crippen LogP contribution < -0.4 is 0 Å². The van der Waals surface area contributed by atoms with E-state index in [1.165, 1.54) is 12.1 Å². The molecule has 1 atom stereocenters. The first-order valence-electron chi connectivity index (χ1n) is 8.50. The fourth-order valence-electron chi connectivity index (χ4n) is 3.49. The number of halogens is 2. The van der Waals surface area contributed by atoms with Crippen LogP contribution in [0.3, 0.4) is 0 Å². The Morgan fingerprint density at radius 3 is 2.50 bits per heavy atom. The Morgan fingerprint density at radius 1 is 1.15 bits per heavy atom. The van der Waals surface area contributed by atoms with Crippen molar-refractivity contribution in [2.75, 3.05) is 6.54 Å². The van der Waals surface area contributed by atoms with E-state index in [0.29, 0.717) is 17.3 Å². The van der Waals surface area contributed by atoms with E-state index in [9.17, 15) is 9.18 Å². The van der Waals surface area contributed by atoms with Crippen LogP contribution in [0, 0.1) is 5.82 Å². The summed E-state index contributed by atoms with van der Waals surface area (Å²) in [6.07, 6.45) is 0.831. The van der Waals surface area contributed by atoms with E-state index in [1.54, 1.807) is 24.3 Å². The zero-order chi connectivity index (χ0) is 18.3. The summed E-state index contributed by atoms with van der Waals surface area (Å²) in [5, 5.41) is 7.93. The molecule has 1 unspecified atom stereocenters. The molecule has 0 radical (unpaired) electrons. The first-order chi connectivity index (χ1) is 12.6. The SMILES string of the molecule is CCCN1C(=O)c2[nH]nc(-c3ccc(Cl)cc3)c2C1c1ccc(F)cc1. The normalized spacial score (nSPS) is 16.2. The highest BCUT2D eigenvalue weighted by Gasteiger charge is 2.41. The van der Waals surface area contributed by atoms with E-state index in [1.807, 2.05) is 24.0 Å². The molecule has 1 aromatic heterocycles. The summed E-state index contributed by atoms with van der Waals surface area (Å²) in [6, 6.07) is 13.4. The Bertz CT molecular complexity index is 950. The number of hydrogen-bond acceptors (Lipinski definition) is 2. The Labute approximate surface area is 155 Å². The van der Waals surface area contributed by atoms with Gasteiger partial charge in [-0.1, -0.05) is 42.8 Å². The first kappa shape index (κ1) is 16.8. The van der Waals surface area contributed by atoms with Gasteiger partial charge >= 0.3 is 0 Å². The Morgan fingerprint density at radius 2 is 1.85 bits per heavy atom. The lowest BCUT2D eigenvalue weighted by Crippen LogP contribution is -2.30. The minimum atomic E-state index is -0.301. The first-order valence-corrected chi connectivity index (χ1v) is 8.88. The summed E-state index contributed by atoms with van der Waals surface area (Å²) >= 11 is 5.99. The Kier molecular flexibility index (Phi) is 4.24. The second-order valence-corrected chi connectivity index (χ2v) is 6.76. The summed E-state index contributed by atoms with van der Waals surface area (Å²) in [6.45, 7) is 2.64. The maximum atomic E-state index is 13.4. The number of amides is 1. The molecule has 4 rings (SSSR count). The van der Waals surface area contributed by atoms with Gasteiger partial charge in [-0.3, -0.25) is 9.89 Å². The summed E-state index contributed by atoms with van der Waals surface area (Å²) in [5.74, 6) is -0.380. The molecular weight excluding hydrogens is 353 g/mol. The topological polar surface area (TPSA) is 49.0 Å². The van der Waals surface area contributed by atoms with Gasteiger partial charge in [0.05, 0.1) is 11.7 Å². The van der Waals surface area contributed by atoms with E-state index in [4.69, 9.17) is 11.6 Å². The molecule has 4 nitrogen and oxygen atoms in total. The maximum absolute atomic E-state index is 13.4. The van der Waals surface area contributed by atoms with Crippen molar-refractivity contribution in [1.82, 2.24) is 15.1 Å². The predicted octanol–water partition coefficient (Wildman–Crippen LogP) is 4.82. The number of benzene rings is 2. The molecule has 1 aliphatic rings. The maximum Gasteiger partial charge on any atom is 0.273 e. The lowest BCUT2D eigenvalue weighted by molar-refractivity contribution is 0.0744. The van der Waals surface area contributed by atoms with Gasteiger partial charge in [0.2, 0.25) is 0 Å². The molecule has 2 aromatic carbocycles. The number of hydrogen-bond donors (Lipinski definition) is 1. The molecule has 1 N–H and O–H groups in total. The average Bonchev–Trinajstić information content (AvgIpc) is 3.17. The quantitative estimate of drug-likeness (QED) is 0.716. The zero-order valence-electron chi connectivity index (χ0n) is 14.2. The molecule has 2 heterocycles. The standard InChI is InChI=1S/C20H17ClFN3O/c1-2-11-25-19(13-5-9-15(22)10-6-13)16-17(23-24-18(16)20(25)26)12-3-7-14(21)8-4-12/h3-10,19H,2,11H2,1H3,(H,23,24). The minimum Gasteiger partial charge on any atom is -0.326 e. The van der Waals surface area contributed by atoms with E-state index >= 15 is 0 Å². The van der Waals surface area contributed by atoms with Gasteiger partial charge in [0.25, 0.3) is 5.91 Å². The van der Waals surface area contributed by atoms with Gasteiger partial charge in [-0.2, -0.15) is 5.10 Å². The smallest absolute Gasteiger partial charge is 0.273 e. The molecule has 1 aliphatic heterocycles. The number of aromatic nitrogens is 2. The van der Waals surface area contributed by atoms with Crippen LogP contribution in [-0.4, -0.2) is 27.5 Å². The predicted molar refractivity (Wildman–Crippen MR) is 98.6 cm³/mol. The van der Waals surface area contributed by atoms with Crippen LogP contribution in [0.5, 0.6) is 0 Å². The van der Waals surface area contributed by atoms with Crippen molar-refractivity contribution in [2.24, 2.45) is 0 Å². The Hall–Kier alpha value is -2.66. The van der Waals surface area contributed by atoms with Crippen molar-refractivity contribution >= 4 is 17.5 Å². The van der Waals surface area contributed by atoms with Crippen LogP contribution in [-0.2, 0) is 0 Å². The van der Waals surface area contributed by atoms with Gasteiger partial charge in [-0.15, -0.1) is 0 Å². The van der Waals surface area contributed by atoms with E-state index < -0.39 is 0 Å². The van der Waals surface area contributed by atoms with Crippen LogP contribution in [0.4, 0.5) is 4.39 Å². The third-order valence-corrected chi connectivity index (χ3v) is 4.88. The van der Waals surface area contributed by atoms with Gasteiger partial charge in [0.1, 0.15) is 11.5 Å². The molecule has 3 aromatic rings. The minimum absolute atomic E-state index is 0.0797. The molecule has 1 amide bonds. The molecule has 0 saturated heterocycles. The van der Waals surface area contributed by atoms with Crippen molar-refractivity contribution < 1.29 is 9.18 Å². The molecule has 26 heavy (non-hydrogen) atoms. The van der Waals surface area contributed by atoms with Gasteiger partial charge in [0, 0.05) is 22.7 Å². The van der Waals surface area contributed by atoms with Crippen molar-refractivity contribution in [3.05, 3.63) is 76.2 Å². The van der Waals surface area contributed by atoms with Crippen LogP contribution in [0.15, 0.2) is 48.5 Å². The molecule has 6 heteroatoms. The van der Waals surface area contributed by atoms with Crippen molar-refractivity contribution in [3.8, 4) is 11.3 Å². The van der Waals surface area contributed by atoms with Crippen molar-refractivity contribution in [2.45, 2.75) is 19.4 Å². The molecule has 0 fully saturated rings. The molecule has 132 valence electrons. The fourth-order valence-corrected chi connectivity index (χ4v) is 3.61. The summed E-state index contributed by atoms with van der Waals surface area (Å²) in [4.78, 5) is 14.7. The van der Waals surface area contributed by atoms with Crippen molar-refractivity contribution in [3.63, 3.8) is 0 Å². The van der Waals surface area contributed by atoms with Crippen LogP contribution >= 0.6 is 11.6 Å². The van der Waals surface area contributed by atoms with E-state index in [0.717, 1.165) is 28.8 Å². The molecule has 0 saturated carbocycles. The number of carbonyl (C=O) groups is 1. The van der Waals surface area contributed by atoms with Gasteiger partial charge in [-0.05, 0) is 36.2 Å². The number of nitrogens with zero attached hydrogens (tertiary/aromatic N) is 2. The van der Waals surface area contributed by atoms with Gasteiger partial charge < -0.3 is 4.90 Å². The number of carbonyl (C=O) groups excluding carboxylic acids is 1. The highest BCUT2D eigenvalue weighted by Crippen LogP contribution is 2.42. The molecule has 0 aliphatic carbocycles. The summed E-state index contributed by atoms with van der Waals surface area (Å²) < 4.78 is 13.4. The largest absolute Gasteiger partial charge is 0.326 e. The fraction of sp³-hybridized carbons (Fsp3) is 0.200. The highest BCUT2D eigenvalue weighted by molar-refractivity contribution is 6.30. The van der Waals surface area contributed by atoms with Gasteiger partial charge in [-0.25, -0.2) is 4.39 Å². The number of fused-ring (bicyclic) bond motifs is 1. The van der Waals surface area contributed by atoms with E-state index in [-0.39, 0.29) is 17.8 Å². The zero-order valence-corrected chi connectivity index (χ0v) is 14.9. The monoisotopic (exact) mass is 369 g/mol. The van der Waals surface area contributed by atoms with Crippen LogP contribution in [0.25, 0.3) is 11.3 Å². The highest BCUT2D eigenvalue weighted by atomic mass is 35.5. The second-order valence-electron chi connectivity index (χ2n) is 6.32. The number of aromatic amines is 1. The third kappa shape index (κ3) is 2.69. The third-order valence-electron chi connectivity index (χ3n) is 4.63. The molecular formula is C20H17ClFN3O. The van der Waals surface area contributed by atoms with Crippen molar-refractivity contribution in [1.29, 1.82) is 0 Å². The Balaban J connectivity index is 1.87.